The monoisotopic (exact) mass is 333 g/mol. The number of nitrogens with one attached hydrogen (secondary N) is 1. The fourth-order valence-corrected chi connectivity index (χ4v) is 4.37. The van der Waals surface area contributed by atoms with Crippen molar-refractivity contribution in [2.24, 2.45) is 5.41 Å². The van der Waals surface area contributed by atoms with Crippen LogP contribution in [0.3, 0.4) is 0 Å². The predicted molar refractivity (Wildman–Crippen MR) is 93.1 cm³/mol. The van der Waals surface area contributed by atoms with E-state index in [-0.39, 0.29) is 5.60 Å². The fourth-order valence-electron chi connectivity index (χ4n) is 4.37. The van der Waals surface area contributed by atoms with Crippen LogP contribution in [0.15, 0.2) is 6.07 Å². The Morgan fingerprint density at radius 3 is 2.67 bits per heavy atom. The summed E-state index contributed by atoms with van der Waals surface area (Å²) in [6, 6.07) is 2.77. The maximum atomic E-state index is 6.16. The number of aryl methyl sites for hydroxylation is 2. The Bertz CT molecular complexity index is 568. The van der Waals surface area contributed by atoms with Gasteiger partial charge in [0.25, 0.3) is 0 Å². The number of hydrogen-bond acceptors (Lipinski definition) is 4. The summed E-state index contributed by atoms with van der Waals surface area (Å²) < 4.78 is 13.9. The van der Waals surface area contributed by atoms with Crippen molar-refractivity contribution in [2.45, 2.75) is 70.6 Å². The van der Waals surface area contributed by atoms with E-state index >= 15 is 0 Å². The minimum Gasteiger partial charge on any atom is -0.381 e. The molecule has 1 spiro atoms. The fraction of sp³-hybridized carbons (Fsp3) is 0.842. The molecule has 1 saturated carbocycles. The van der Waals surface area contributed by atoms with Gasteiger partial charge in [0.2, 0.25) is 0 Å². The summed E-state index contributed by atoms with van der Waals surface area (Å²) in [5.74, 6) is 0. The Kier molecular flexibility index (Phi) is 4.43. The molecular formula is C19H31N3O2. The van der Waals surface area contributed by atoms with Gasteiger partial charge in [-0.2, -0.15) is 5.10 Å². The second-order valence-electron chi connectivity index (χ2n) is 8.30. The Hall–Kier alpha value is -0.910. The highest BCUT2D eigenvalue weighted by atomic mass is 16.5. The molecule has 0 bridgehead atoms. The Labute approximate surface area is 145 Å². The van der Waals surface area contributed by atoms with Gasteiger partial charge in [-0.3, -0.25) is 4.68 Å². The van der Waals surface area contributed by atoms with Gasteiger partial charge in [-0.05, 0) is 58.4 Å². The lowest BCUT2D eigenvalue weighted by atomic mass is 9.84. The molecule has 0 aromatic carbocycles. The standard InChI is InChI=1S/C19H31N3O2/c1-15-11-16(2)22(21-15)14-18(4-5-18)13-20-17-3-8-24-19(12-17)6-9-23-10-7-19/h11,17,20H,3-10,12-14H2,1-2H3/t17-/m0/s1. The van der Waals surface area contributed by atoms with E-state index in [0.717, 1.165) is 64.3 Å². The van der Waals surface area contributed by atoms with Crippen LogP contribution in [-0.2, 0) is 16.0 Å². The van der Waals surface area contributed by atoms with Crippen LogP contribution in [0.4, 0.5) is 0 Å². The van der Waals surface area contributed by atoms with Crippen molar-refractivity contribution in [3.05, 3.63) is 17.5 Å². The van der Waals surface area contributed by atoms with E-state index in [1.54, 1.807) is 0 Å². The second-order valence-corrected chi connectivity index (χ2v) is 8.30. The van der Waals surface area contributed by atoms with Gasteiger partial charge in [0.1, 0.15) is 0 Å². The minimum atomic E-state index is 0.0839. The zero-order chi connectivity index (χ0) is 16.6. The Morgan fingerprint density at radius 2 is 2.00 bits per heavy atom. The van der Waals surface area contributed by atoms with E-state index in [4.69, 9.17) is 9.47 Å². The van der Waals surface area contributed by atoms with E-state index in [2.05, 4.69) is 35.0 Å². The summed E-state index contributed by atoms with van der Waals surface area (Å²) in [6.07, 6.45) is 7.04. The minimum absolute atomic E-state index is 0.0839. The summed E-state index contributed by atoms with van der Waals surface area (Å²) in [6.45, 7) is 9.02. The normalized spacial score (nSPS) is 28.2. The quantitative estimate of drug-likeness (QED) is 0.900. The Balaban J connectivity index is 1.32. The van der Waals surface area contributed by atoms with Crippen LogP contribution < -0.4 is 5.32 Å². The van der Waals surface area contributed by atoms with E-state index in [0.29, 0.717) is 11.5 Å². The molecule has 3 fully saturated rings. The maximum Gasteiger partial charge on any atom is 0.0741 e. The average molecular weight is 333 g/mol. The Morgan fingerprint density at radius 1 is 1.21 bits per heavy atom. The lowest BCUT2D eigenvalue weighted by Gasteiger charge is -2.43. The van der Waals surface area contributed by atoms with Crippen LogP contribution in [0.1, 0.15) is 49.9 Å². The van der Waals surface area contributed by atoms with E-state index < -0.39 is 0 Å². The average Bonchev–Trinajstić information content (AvgIpc) is 3.26. The molecule has 4 rings (SSSR count). The molecule has 1 atom stereocenters. The summed E-state index contributed by atoms with van der Waals surface area (Å²) in [5.41, 5.74) is 2.92. The number of aromatic nitrogens is 2. The molecule has 5 heteroatoms. The summed E-state index contributed by atoms with van der Waals surface area (Å²) >= 11 is 0. The lowest BCUT2D eigenvalue weighted by molar-refractivity contribution is -0.140. The van der Waals surface area contributed by atoms with Crippen molar-refractivity contribution in [3.63, 3.8) is 0 Å². The van der Waals surface area contributed by atoms with Gasteiger partial charge in [-0.15, -0.1) is 0 Å². The molecule has 0 radical (unpaired) electrons. The second kappa shape index (κ2) is 6.43. The molecule has 0 amide bonds. The van der Waals surface area contributed by atoms with Crippen LogP contribution in [0.2, 0.25) is 0 Å². The van der Waals surface area contributed by atoms with Crippen LogP contribution in [0.5, 0.6) is 0 Å². The summed E-state index contributed by atoms with van der Waals surface area (Å²) in [5, 5.41) is 8.53. The molecule has 2 saturated heterocycles. The number of nitrogens with zero attached hydrogens (tertiary/aromatic N) is 2. The molecule has 24 heavy (non-hydrogen) atoms. The zero-order valence-corrected chi connectivity index (χ0v) is 15.1. The van der Waals surface area contributed by atoms with Gasteiger partial charge in [0.15, 0.2) is 0 Å². The first-order valence-electron chi connectivity index (χ1n) is 9.54. The van der Waals surface area contributed by atoms with Crippen LogP contribution in [0, 0.1) is 19.3 Å². The van der Waals surface area contributed by atoms with Gasteiger partial charge >= 0.3 is 0 Å². The molecule has 0 unspecified atom stereocenters. The van der Waals surface area contributed by atoms with Crippen molar-refractivity contribution in [2.75, 3.05) is 26.4 Å². The van der Waals surface area contributed by atoms with Crippen molar-refractivity contribution in [1.82, 2.24) is 15.1 Å². The van der Waals surface area contributed by atoms with Gasteiger partial charge in [0.05, 0.1) is 11.3 Å². The third kappa shape index (κ3) is 3.53. The highest BCUT2D eigenvalue weighted by molar-refractivity contribution is 5.08. The van der Waals surface area contributed by atoms with Crippen LogP contribution in [-0.4, -0.2) is 47.8 Å². The molecule has 1 aromatic heterocycles. The molecule has 1 N–H and O–H groups in total. The highest BCUT2D eigenvalue weighted by Crippen LogP contribution is 2.47. The van der Waals surface area contributed by atoms with Crippen molar-refractivity contribution < 1.29 is 9.47 Å². The molecule has 5 nitrogen and oxygen atoms in total. The molecule has 1 aromatic rings. The molecule has 1 aliphatic carbocycles. The molecule has 3 heterocycles. The predicted octanol–water partition coefficient (Wildman–Crippen LogP) is 2.60. The van der Waals surface area contributed by atoms with Gasteiger partial charge in [-0.1, -0.05) is 0 Å². The van der Waals surface area contributed by atoms with Gasteiger partial charge in [0, 0.05) is 50.1 Å². The third-order valence-corrected chi connectivity index (χ3v) is 6.21. The summed E-state index contributed by atoms with van der Waals surface area (Å²) in [4.78, 5) is 0. The molecule has 3 aliphatic rings. The van der Waals surface area contributed by atoms with Crippen molar-refractivity contribution >= 4 is 0 Å². The van der Waals surface area contributed by atoms with E-state index in [1.165, 1.54) is 18.5 Å². The van der Waals surface area contributed by atoms with Crippen molar-refractivity contribution in [1.29, 1.82) is 0 Å². The molecular weight excluding hydrogens is 302 g/mol. The van der Waals surface area contributed by atoms with Crippen LogP contribution in [0.25, 0.3) is 0 Å². The van der Waals surface area contributed by atoms with E-state index in [9.17, 15) is 0 Å². The summed E-state index contributed by atoms with van der Waals surface area (Å²) in [7, 11) is 0. The first-order chi connectivity index (χ1) is 11.6. The number of ether oxygens (including phenoxy) is 2. The first kappa shape index (κ1) is 16.6. The van der Waals surface area contributed by atoms with Crippen LogP contribution >= 0.6 is 0 Å². The van der Waals surface area contributed by atoms with Gasteiger partial charge < -0.3 is 14.8 Å². The SMILES string of the molecule is Cc1cc(C)n(CC2(CN[C@H]3CCOC4(CCOCC4)C3)CC2)n1. The smallest absolute Gasteiger partial charge is 0.0741 e. The third-order valence-electron chi connectivity index (χ3n) is 6.21. The van der Waals surface area contributed by atoms with Gasteiger partial charge in [-0.25, -0.2) is 0 Å². The zero-order valence-electron chi connectivity index (χ0n) is 15.1. The highest BCUT2D eigenvalue weighted by Gasteiger charge is 2.45. The molecule has 2 aliphatic heterocycles. The molecule has 134 valence electrons. The van der Waals surface area contributed by atoms with E-state index in [1.807, 2.05) is 0 Å². The maximum absolute atomic E-state index is 6.16. The first-order valence-corrected chi connectivity index (χ1v) is 9.54. The number of hydrogen-bond donors (Lipinski definition) is 1. The largest absolute Gasteiger partial charge is 0.381 e. The van der Waals surface area contributed by atoms with Crippen molar-refractivity contribution in [3.8, 4) is 0 Å². The number of rotatable bonds is 5. The lowest BCUT2D eigenvalue weighted by Crippen LogP contribution is -2.50. The topological polar surface area (TPSA) is 48.3 Å².